The summed E-state index contributed by atoms with van der Waals surface area (Å²) in [6, 6.07) is 21.9. The molecule has 7 nitrogen and oxygen atoms in total. The molecule has 38 heavy (non-hydrogen) atoms. The zero-order chi connectivity index (χ0) is 27.5. The summed E-state index contributed by atoms with van der Waals surface area (Å²) < 4.78 is 0. The topological polar surface area (TPSA) is 104 Å². The van der Waals surface area contributed by atoms with Gasteiger partial charge in [0.1, 0.15) is 0 Å². The molecule has 0 radical (unpaired) electrons. The SMILES string of the molecule is CC(C)(C)NC(=O)C[C@H](NC(=O)CCc1ccccc1)C(=O)CCCNC(=O)c1cccc2ccccc12. The molecule has 0 aliphatic carbocycles. The van der Waals surface area contributed by atoms with Crippen LogP contribution in [0.3, 0.4) is 0 Å². The maximum atomic E-state index is 13.0. The molecule has 3 N–H and O–H groups in total. The molecule has 0 saturated heterocycles. The third-order valence-corrected chi connectivity index (χ3v) is 6.03. The van der Waals surface area contributed by atoms with Crippen LogP contribution in [0.15, 0.2) is 72.8 Å². The fourth-order valence-electron chi connectivity index (χ4n) is 4.23. The van der Waals surface area contributed by atoms with Crippen molar-refractivity contribution in [2.45, 2.75) is 64.5 Å². The van der Waals surface area contributed by atoms with Crippen LogP contribution in [-0.2, 0) is 20.8 Å². The Morgan fingerprint density at radius 2 is 1.47 bits per heavy atom. The molecule has 1 atom stereocenters. The number of ketones is 1. The zero-order valence-corrected chi connectivity index (χ0v) is 22.4. The van der Waals surface area contributed by atoms with Gasteiger partial charge < -0.3 is 16.0 Å². The van der Waals surface area contributed by atoms with E-state index in [1.807, 2.05) is 87.5 Å². The van der Waals surface area contributed by atoms with Crippen molar-refractivity contribution in [1.29, 1.82) is 0 Å². The summed E-state index contributed by atoms with van der Waals surface area (Å²) in [5.74, 6) is -1.02. The van der Waals surface area contributed by atoms with E-state index in [4.69, 9.17) is 0 Å². The van der Waals surface area contributed by atoms with Crippen molar-refractivity contribution in [3.05, 3.63) is 83.9 Å². The van der Waals surface area contributed by atoms with Gasteiger partial charge in [0.15, 0.2) is 5.78 Å². The lowest BCUT2D eigenvalue weighted by Gasteiger charge is -2.23. The summed E-state index contributed by atoms with van der Waals surface area (Å²) >= 11 is 0. The van der Waals surface area contributed by atoms with Crippen LogP contribution in [0.4, 0.5) is 0 Å². The van der Waals surface area contributed by atoms with Gasteiger partial charge in [-0.1, -0.05) is 66.7 Å². The van der Waals surface area contributed by atoms with E-state index in [0.717, 1.165) is 16.3 Å². The van der Waals surface area contributed by atoms with Gasteiger partial charge in [0.2, 0.25) is 11.8 Å². The number of amides is 3. The molecule has 0 aromatic heterocycles. The Morgan fingerprint density at radius 3 is 2.21 bits per heavy atom. The van der Waals surface area contributed by atoms with E-state index in [1.165, 1.54) is 0 Å². The van der Waals surface area contributed by atoms with Crippen LogP contribution in [0, 0.1) is 0 Å². The standard InChI is InChI=1S/C31H37N3O4/c1-31(2,3)34-29(37)21-26(33-28(36)19-18-22-11-5-4-6-12-22)27(35)17-10-20-32-30(38)25-16-9-14-23-13-7-8-15-24(23)25/h4-9,11-16,26H,10,17-21H2,1-3H3,(H,32,38)(H,33,36)(H,34,37)/t26-/m0/s1. The average molecular weight is 516 g/mol. The fraction of sp³-hybridized carbons (Fsp3) is 0.355. The van der Waals surface area contributed by atoms with Gasteiger partial charge in [-0.2, -0.15) is 0 Å². The molecule has 0 spiro atoms. The fourth-order valence-corrected chi connectivity index (χ4v) is 4.23. The summed E-state index contributed by atoms with van der Waals surface area (Å²) in [5, 5.41) is 10.3. The van der Waals surface area contributed by atoms with Gasteiger partial charge in [-0.05, 0) is 56.0 Å². The molecule has 3 aromatic rings. The Morgan fingerprint density at radius 1 is 0.789 bits per heavy atom. The summed E-state index contributed by atoms with van der Waals surface area (Å²) in [5.41, 5.74) is 1.16. The highest BCUT2D eigenvalue weighted by Gasteiger charge is 2.25. The minimum atomic E-state index is -0.922. The third kappa shape index (κ3) is 9.14. The first-order chi connectivity index (χ1) is 18.1. The highest BCUT2D eigenvalue weighted by molar-refractivity contribution is 6.07. The van der Waals surface area contributed by atoms with Gasteiger partial charge >= 0.3 is 0 Å². The van der Waals surface area contributed by atoms with E-state index < -0.39 is 11.6 Å². The Bertz CT molecular complexity index is 1260. The van der Waals surface area contributed by atoms with Crippen LogP contribution < -0.4 is 16.0 Å². The first-order valence-electron chi connectivity index (χ1n) is 13.1. The van der Waals surface area contributed by atoms with Crippen molar-refractivity contribution in [2.75, 3.05) is 6.54 Å². The number of rotatable bonds is 12. The lowest BCUT2D eigenvalue weighted by Crippen LogP contribution is -2.47. The van der Waals surface area contributed by atoms with E-state index in [0.29, 0.717) is 24.9 Å². The van der Waals surface area contributed by atoms with Crippen molar-refractivity contribution >= 4 is 34.3 Å². The third-order valence-electron chi connectivity index (χ3n) is 6.03. The van der Waals surface area contributed by atoms with Crippen LogP contribution >= 0.6 is 0 Å². The molecule has 0 unspecified atom stereocenters. The van der Waals surface area contributed by atoms with E-state index in [1.54, 1.807) is 6.07 Å². The quantitative estimate of drug-likeness (QED) is 0.312. The van der Waals surface area contributed by atoms with Crippen LogP contribution in [0.1, 0.15) is 62.4 Å². The summed E-state index contributed by atoms with van der Waals surface area (Å²) in [6.07, 6.45) is 1.15. The molecule has 0 saturated carbocycles. The number of hydrogen-bond donors (Lipinski definition) is 3. The lowest BCUT2D eigenvalue weighted by atomic mass is 10.0. The van der Waals surface area contributed by atoms with Gasteiger partial charge in [-0.3, -0.25) is 19.2 Å². The molecular weight excluding hydrogens is 478 g/mol. The monoisotopic (exact) mass is 515 g/mol. The van der Waals surface area contributed by atoms with Crippen molar-refractivity contribution in [3.8, 4) is 0 Å². The molecular formula is C31H37N3O4. The van der Waals surface area contributed by atoms with Gasteiger partial charge in [0.05, 0.1) is 12.5 Å². The van der Waals surface area contributed by atoms with E-state index in [2.05, 4.69) is 16.0 Å². The zero-order valence-electron chi connectivity index (χ0n) is 22.4. The van der Waals surface area contributed by atoms with E-state index in [-0.39, 0.29) is 42.8 Å². The number of aryl methyl sites for hydroxylation is 1. The minimum absolute atomic E-state index is 0.127. The number of nitrogens with one attached hydrogen (secondary N) is 3. The molecule has 200 valence electrons. The van der Waals surface area contributed by atoms with E-state index in [9.17, 15) is 19.2 Å². The van der Waals surface area contributed by atoms with Gasteiger partial charge in [0, 0.05) is 30.5 Å². The first kappa shape index (κ1) is 28.6. The number of fused-ring (bicyclic) bond motifs is 1. The first-order valence-corrected chi connectivity index (χ1v) is 13.1. The number of carbonyl (C=O) groups is 4. The average Bonchev–Trinajstić information content (AvgIpc) is 2.88. The minimum Gasteiger partial charge on any atom is -0.352 e. The largest absolute Gasteiger partial charge is 0.352 e. The molecule has 3 amide bonds. The van der Waals surface area contributed by atoms with Crippen LogP contribution in [0.2, 0.25) is 0 Å². The van der Waals surface area contributed by atoms with Crippen molar-refractivity contribution in [1.82, 2.24) is 16.0 Å². The van der Waals surface area contributed by atoms with Crippen LogP contribution in [-0.4, -0.2) is 41.6 Å². The summed E-state index contributed by atoms with van der Waals surface area (Å²) in [4.78, 5) is 51.0. The van der Waals surface area contributed by atoms with Gasteiger partial charge in [-0.25, -0.2) is 0 Å². The Balaban J connectivity index is 1.54. The predicted octanol–water partition coefficient (Wildman–Crippen LogP) is 4.34. The normalized spacial score (nSPS) is 12.0. The highest BCUT2D eigenvalue weighted by Crippen LogP contribution is 2.18. The molecule has 0 bridgehead atoms. The molecule has 0 aliphatic heterocycles. The van der Waals surface area contributed by atoms with Crippen molar-refractivity contribution in [2.24, 2.45) is 0 Å². The Labute approximate surface area is 224 Å². The van der Waals surface area contributed by atoms with E-state index >= 15 is 0 Å². The van der Waals surface area contributed by atoms with Crippen molar-refractivity contribution in [3.63, 3.8) is 0 Å². The Hall–Kier alpha value is -4.00. The smallest absolute Gasteiger partial charge is 0.251 e. The highest BCUT2D eigenvalue weighted by atomic mass is 16.2. The number of carbonyl (C=O) groups excluding carboxylic acids is 4. The summed E-state index contributed by atoms with van der Waals surface area (Å²) in [6.45, 7) is 5.88. The molecule has 3 aromatic carbocycles. The van der Waals surface area contributed by atoms with Crippen LogP contribution in [0.25, 0.3) is 10.8 Å². The maximum Gasteiger partial charge on any atom is 0.251 e. The van der Waals surface area contributed by atoms with Gasteiger partial charge in [-0.15, -0.1) is 0 Å². The molecule has 0 fully saturated rings. The number of Topliss-reactive ketones (excluding diaryl/α,β-unsaturated/α-hetero) is 1. The number of hydrogen-bond acceptors (Lipinski definition) is 4. The second kappa shape index (κ2) is 13.5. The number of benzene rings is 3. The summed E-state index contributed by atoms with van der Waals surface area (Å²) in [7, 11) is 0. The maximum absolute atomic E-state index is 13.0. The van der Waals surface area contributed by atoms with Crippen molar-refractivity contribution < 1.29 is 19.2 Å². The molecule has 0 heterocycles. The molecule has 3 rings (SSSR count). The molecule has 7 heteroatoms. The lowest BCUT2D eigenvalue weighted by molar-refractivity contribution is -0.131. The van der Waals surface area contributed by atoms with Gasteiger partial charge in [0.25, 0.3) is 5.91 Å². The Kier molecular flexibility index (Phi) is 10.2. The van der Waals surface area contributed by atoms with Crippen LogP contribution in [0.5, 0.6) is 0 Å². The second-order valence-corrected chi connectivity index (χ2v) is 10.5. The molecule has 0 aliphatic rings. The second-order valence-electron chi connectivity index (χ2n) is 10.5. The predicted molar refractivity (Wildman–Crippen MR) is 150 cm³/mol.